The molecule has 1 heterocycles. The van der Waals surface area contributed by atoms with E-state index in [9.17, 15) is 19.6 Å². The van der Waals surface area contributed by atoms with Crippen molar-refractivity contribution in [3.8, 4) is 6.07 Å². The van der Waals surface area contributed by atoms with Gasteiger partial charge in [0.1, 0.15) is 17.7 Å². The number of para-hydroxylation sites is 1. The number of nitrogens with zero attached hydrogens (tertiary/aromatic N) is 2. The molecule has 1 aliphatic rings. The Morgan fingerprint density at radius 2 is 1.58 bits per heavy atom. The van der Waals surface area contributed by atoms with E-state index in [4.69, 9.17) is 14.2 Å². The summed E-state index contributed by atoms with van der Waals surface area (Å²) in [7, 11) is 1.26. The maximum absolute atomic E-state index is 14.0. The Bertz CT molecular complexity index is 1450. The Morgan fingerprint density at radius 3 is 2.16 bits per heavy atom. The number of hydrogen-bond acceptors (Lipinski definition) is 7. The molecule has 236 valence electrons. The molecule has 1 aliphatic heterocycles. The van der Waals surface area contributed by atoms with Crippen LogP contribution in [0.1, 0.15) is 49.8 Å². The fraction of sp³-hybridized carbons (Fsp3) is 0.371. The molecule has 3 amide bonds. The number of carbonyl (C=O) groups is 3. The third kappa shape index (κ3) is 9.06. The van der Waals surface area contributed by atoms with Gasteiger partial charge in [0.2, 0.25) is 5.91 Å². The maximum atomic E-state index is 14.0. The van der Waals surface area contributed by atoms with Gasteiger partial charge in [-0.3, -0.25) is 9.69 Å². The lowest BCUT2D eigenvalue weighted by Gasteiger charge is -2.37. The molecule has 0 aliphatic carbocycles. The molecule has 0 radical (unpaired) electrons. The molecule has 10 heteroatoms. The van der Waals surface area contributed by atoms with Crippen molar-refractivity contribution in [3.05, 3.63) is 102 Å². The van der Waals surface area contributed by atoms with Crippen LogP contribution in [-0.2, 0) is 25.4 Å². The van der Waals surface area contributed by atoms with Gasteiger partial charge in [-0.1, -0.05) is 78.9 Å². The molecule has 1 saturated heterocycles. The van der Waals surface area contributed by atoms with Crippen molar-refractivity contribution in [1.29, 1.82) is 5.26 Å². The zero-order valence-electron chi connectivity index (χ0n) is 26.1. The second-order valence-corrected chi connectivity index (χ2v) is 11.8. The van der Waals surface area contributed by atoms with Gasteiger partial charge in [0.15, 0.2) is 0 Å². The topological polar surface area (TPSA) is 130 Å². The molecule has 2 N–H and O–H groups in total. The zero-order valence-corrected chi connectivity index (χ0v) is 26.1. The summed E-state index contributed by atoms with van der Waals surface area (Å²) in [5.74, 6) is -0.909. The van der Waals surface area contributed by atoms with Crippen LogP contribution < -0.4 is 10.6 Å². The number of methoxy groups -OCH3 is 1. The van der Waals surface area contributed by atoms with Gasteiger partial charge in [-0.25, -0.2) is 9.59 Å². The van der Waals surface area contributed by atoms with Crippen LogP contribution in [0.25, 0.3) is 0 Å². The SMILES string of the molecule is COC(=O)N[C@H](C(=O)Nc1ccccc1CC[C@@H]1CN(C(=O)OC(C)(C)C)[C@H](C#N)CO1)C(c1ccccc1)c1ccccc1. The number of rotatable bonds is 9. The Balaban J connectivity index is 1.53. The van der Waals surface area contributed by atoms with Crippen molar-refractivity contribution in [2.24, 2.45) is 0 Å². The van der Waals surface area contributed by atoms with Crippen LogP contribution in [0, 0.1) is 11.3 Å². The molecule has 0 bridgehead atoms. The minimum absolute atomic E-state index is 0.0834. The van der Waals surface area contributed by atoms with Crippen molar-refractivity contribution in [1.82, 2.24) is 10.2 Å². The average Bonchev–Trinajstić information content (AvgIpc) is 3.04. The summed E-state index contributed by atoms with van der Waals surface area (Å²) in [6, 6.07) is 26.9. The number of anilines is 1. The van der Waals surface area contributed by atoms with E-state index in [0.29, 0.717) is 18.5 Å². The molecule has 3 aromatic rings. The minimum atomic E-state index is -0.998. The fourth-order valence-electron chi connectivity index (χ4n) is 5.29. The van der Waals surface area contributed by atoms with Gasteiger partial charge < -0.3 is 24.8 Å². The lowest BCUT2D eigenvalue weighted by Crippen LogP contribution is -2.53. The molecule has 0 spiro atoms. The first-order chi connectivity index (χ1) is 21.6. The Hall–Kier alpha value is -4.88. The summed E-state index contributed by atoms with van der Waals surface area (Å²) in [6.07, 6.45) is -0.549. The molecule has 1 fully saturated rings. The molecule has 0 saturated carbocycles. The molecule has 45 heavy (non-hydrogen) atoms. The largest absolute Gasteiger partial charge is 0.453 e. The van der Waals surface area contributed by atoms with Crippen LogP contribution in [0.15, 0.2) is 84.9 Å². The number of aryl methyl sites for hydroxylation is 1. The molecule has 4 rings (SSSR count). The third-order valence-electron chi connectivity index (χ3n) is 7.45. The van der Waals surface area contributed by atoms with Gasteiger partial charge >= 0.3 is 12.2 Å². The first kappa shape index (κ1) is 33.0. The maximum Gasteiger partial charge on any atom is 0.411 e. The van der Waals surface area contributed by atoms with Crippen LogP contribution in [0.4, 0.5) is 15.3 Å². The smallest absolute Gasteiger partial charge is 0.411 e. The lowest BCUT2D eigenvalue weighted by molar-refractivity contribution is -0.118. The summed E-state index contributed by atoms with van der Waals surface area (Å²) in [4.78, 5) is 40.8. The number of nitrogens with one attached hydrogen (secondary N) is 2. The third-order valence-corrected chi connectivity index (χ3v) is 7.45. The Labute approximate surface area is 264 Å². The highest BCUT2D eigenvalue weighted by atomic mass is 16.6. The van der Waals surface area contributed by atoms with E-state index in [1.165, 1.54) is 12.0 Å². The van der Waals surface area contributed by atoms with Crippen molar-refractivity contribution >= 4 is 23.8 Å². The summed E-state index contributed by atoms with van der Waals surface area (Å²) in [6.45, 7) is 5.64. The first-order valence-electron chi connectivity index (χ1n) is 14.9. The normalized spacial score (nSPS) is 17.1. The van der Waals surface area contributed by atoms with Crippen molar-refractivity contribution in [2.75, 3.05) is 25.6 Å². The van der Waals surface area contributed by atoms with Gasteiger partial charge in [-0.2, -0.15) is 5.26 Å². The Morgan fingerprint density at radius 1 is 0.978 bits per heavy atom. The molecule has 0 aromatic heterocycles. The highest BCUT2D eigenvalue weighted by Gasteiger charge is 2.36. The van der Waals surface area contributed by atoms with E-state index in [0.717, 1.165) is 16.7 Å². The number of amides is 3. The minimum Gasteiger partial charge on any atom is -0.453 e. The predicted octanol–water partition coefficient (Wildman–Crippen LogP) is 5.64. The van der Waals surface area contributed by atoms with E-state index in [-0.39, 0.29) is 19.3 Å². The molecular weight excluding hydrogens is 572 g/mol. The summed E-state index contributed by atoms with van der Waals surface area (Å²) in [5.41, 5.74) is 2.46. The number of hydrogen-bond donors (Lipinski definition) is 2. The summed E-state index contributed by atoms with van der Waals surface area (Å²) < 4.78 is 16.4. The van der Waals surface area contributed by atoms with Crippen molar-refractivity contribution in [2.45, 2.75) is 63.3 Å². The van der Waals surface area contributed by atoms with Gasteiger partial charge in [-0.05, 0) is 56.4 Å². The van der Waals surface area contributed by atoms with Crippen LogP contribution in [0.2, 0.25) is 0 Å². The first-order valence-corrected chi connectivity index (χ1v) is 14.9. The van der Waals surface area contributed by atoms with Crippen LogP contribution in [0.5, 0.6) is 0 Å². The molecule has 3 atom stereocenters. The number of carbonyl (C=O) groups excluding carboxylic acids is 3. The fourth-order valence-corrected chi connectivity index (χ4v) is 5.29. The second-order valence-electron chi connectivity index (χ2n) is 11.8. The van der Waals surface area contributed by atoms with E-state index in [2.05, 4.69) is 16.7 Å². The molecule has 10 nitrogen and oxygen atoms in total. The van der Waals surface area contributed by atoms with E-state index >= 15 is 0 Å². The quantitative estimate of drug-likeness (QED) is 0.320. The van der Waals surface area contributed by atoms with Crippen molar-refractivity contribution in [3.63, 3.8) is 0 Å². The van der Waals surface area contributed by atoms with Crippen LogP contribution in [0.3, 0.4) is 0 Å². The van der Waals surface area contributed by atoms with E-state index in [1.807, 2.05) is 84.9 Å². The number of ether oxygens (including phenoxy) is 3. The van der Waals surface area contributed by atoms with Gasteiger partial charge in [0, 0.05) is 11.6 Å². The van der Waals surface area contributed by atoms with Crippen LogP contribution in [-0.4, -0.2) is 67.0 Å². The highest BCUT2D eigenvalue weighted by molar-refractivity contribution is 5.98. The second kappa shape index (κ2) is 15.2. The van der Waals surface area contributed by atoms with Crippen LogP contribution >= 0.6 is 0 Å². The molecular formula is C35H40N4O6. The van der Waals surface area contributed by atoms with Crippen molar-refractivity contribution < 1.29 is 28.6 Å². The monoisotopic (exact) mass is 612 g/mol. The van der Waals surface area contributed by atoms with E-state index in [1.54, 1.807) is 20.8 Å². The summed E-state index contributed by atoms with van der Waals surface area (Å²) >= 11 is 0. The number of alkyl carbamates (subject to hydrolysis) is 1. The lowest BCUT2D eigenvalue weighted by atomic mass is 9.84. The highest BCUT2D eigenvalue weighted by Crippen LogP contribution is 2.30. The molecule has 3 aromatic carbocycles. The molecule has 0 unspecified atom stereocenters. The zero-order chi connectivity index (χ0) is 32.4. The average molecular weight is 613 g/mol. The number of benzene rings is 3. The number of nitriles is 1. The summed E-state index contributed by atoms with van der Waals surface area (Å²) in [5, 5.41) is 15.4. The van der Waals surface area contributed by atoms with Gasteiger partial charge in [0.25, 0.3) is 0 Å². The predicted molar refractivity (Wildman–Crippen MR) is 170 cm³/mol. The van der Waals surface area contributed by atoms with Gasteiger partial charge in [0.05, 0.1) is 32.4 Å². The van der Waals surface area contributed by atoms with Gasteiger partial charge in [-0.15, -0.1) is 0 Å². The standard InChI is InChI=1S/C35H40N4O6/c1-35(2,3)45-34(42)39-22-28(44-23-27(39)21-36)20-19-24-13-11-12-18-29(24)37-32(40)31(38-33(41)43-4)30(25-14-7-5-8-15-25)26-16-9-6-10-17-26/h5-18,27-28,30-31H,19-20,22-23H2,1-4H3,(H,37,40)(H,38,41)/t27-,28-,31+/m1/s1. The Kier molecular flexibility index (Phi) is 11.2. The van der Waals surface area contributed by atoms with E-state index < -0.39 is 41.7 Å². The number of morpholine rings is 1.